The number of amides is 1. The number of hydrogen-bond acceptors (Lipinski definition) is 3. The molecule has 0 unspecified atom stereocenters. The molecule has 114 valence electrons. The summed E-state index contributed by atoms with van der Waals surface area (Å²) in [6, 6.07) is 6.24. The second-order valence-corrected chi connectivity index (χ2v) is 6.07. The molecule has 21 heavy (non-hydrogen) atoms. The number of halogens is 2. The summed E-state index contributed by atoms with van der Waals surface area (Å²) in [5, 5.41) is 11.7. The molecule has 1 aliphatic carbocycles. The highest BCUT2D eigenvalue weighted by atomic mass is 32.2. The molecule has 1 aromatic carbocycles. The van der Waals surface area contributed by atoms with Gasteiger partial charge in [0.15, 0.2) is 0 Å². The number of carbonyl (C=O) groups excluding carboxylic acids is 1. The number of carbonyl (C=O) groups is 2. The average molecular weight is 315 g/mol. The second kappa shape index (κ2) is 6.43. The number of carboxylic acids is 1. The first-order valence-corrected chi connectivity index (χ1v) is 7.38. The number of anilines is 1. The Bertz CT molecular complexity index is 547. The molecular formula is C14H15F2NO3S. The highest BCUT2D eigenvalue weighted by Crippen LogP contribution is 2.44. The third-order valence-electron chi connectivity index (χ3n) is 3.64. The minimum atomic E-state index is -2.58. The third kappa shape index (κ3) is 3.72. The fourth-order valence-corrected chi connectivity index (χ4v) is 2.94. The molecule has 0 atom stereocenters. The number of alkyl halides is 2. The molecule has 0 aromatic heterocycles. The number of carboxylic acid groups (broad SMARTS) is 1. The van der Waals surface area contributed by atoms with Crippen molar-refractivity contribution >= 4 is 29.3 Å². The van der Waals surface area contributed by atoms with Crippen LogP contribution in [0.3, 0.4) is 0 Å². The SMILES string of the molecule is O=C(CC1(C(=O)O)CCC1)Nc1ccccc1SC(F)F. The van der Waals surface area contributed by atoms with Gasteiger partial charge in [0.25, 0.3) is 5.76 Å². The molecule has 1 fully saturated rings. The first-order valence-electron chi connectivity index (χ1n) is 6.50. The quantitative estimate of drug-likeness (QED) is 0.787. The second-order valence-electron chi connectivity index (χ2n) is 5.04. The van der Waals surface area contributed by atoms with Crippen LogP contribution in [0, 0.1) is 5.41 Å². The van der Waals surface area contributed by atoms with Gasteiger partial charge in [-0.1, -0.05) is 30.3 Å². The third-order valence-corrected chi connectivity index (χ3v) is 4.43. The van der Waals surface area contributed by atoms with Gasteiger partial charge in [-0.15, -0.1) is 0 Å². The van der Waals surface area contributed by atoms with Crippen molar-refractivity contribution in [1.29, 1.82) is 0 Å². The number of para-hydroxylation sites is 1. The van der Waals surface area contributed by atoms with Gasteiger partial charge in [-0.3, -0.25) is 9.59 Å². The summed E-state index contributed by atoms with van der Waals surface area (Å²) in [7, 11) is 0. The maximum atomic E-state index is 12.5. The first-order chi connectivity index (χ1) is 9.93. The van der Waals surface area contributed by atoms with Crippen molar-refractivity contribution in [1.82, 2.24) is 0 Å². The fraction of sp³-hybridized carbons (Fsp3) is 0.429. The smallest absolute Gasteiger partial charge is 0.310 e. The van der Waals surface area contributed by atoms with E-state index in [-0.39, 0.29) is 17.0 Å². The summed E-state index contributed by atoms with van der Waals surface area (Å²) < 4.78 is 24.9. The molecule has 0 radical (unpaired) electrons. The number of benzene rings is 1. The van der Waals surface area contributed by atoms with Gasteiger partial charge in [-0.2, -0.15) is 8.78 Å². The predicted octanol–water partition coefficient (Wildman–Crippen LogP) is 3.58. The van der Waals surface area contributed by atoms with E-state index in [2.05, 4.69) is 5.32 Å². The molecule has 1 amide bonds. The Labute approximate surface area is 124 Å². The minimum Gasteiger partial charge on any atom is -0.481 e. The maximum Gasteiger partial charge on any atom is 0.310 e. The van der Waals surface area contributed by atoms with E-state index >= 15 is 0 Å². The van der Waals surface area contributed by atoms with Crippen LogP contribution in [0.25, 0.3) is 0 Å². The molecule has 0 saturated heterocycles. The van der Waals surface area contributed by atoms with Gasteiger partial charge in [0.05, 0.1) is 11.1 Å². The zero-order valence-electron chi connectivity index (χ0n) is 11.1. The highest BCUT2D eigenvalue weighted by molar-refractivity contribution is 7.99. The van der Waals surface area contributed by atoms with Crippen molar-refractivity contribution < 1.29 is 23.5 Å². The van der Waals surface area contributed by atoms with Gasteiger partial charge in [0.2, 0.25) is 5.91 Å². The van der Waals surface area contributed by atoms with E-state index in [1.807, 2.05) is 0 Å². The van der Waals surface area contributed by atoms with E-state index in [9.17, 15) is 23.5 Å². The number of thioether (sulfide) groups is 1. The summed E-state index contributed by atoms with van der Waals surface area (Å²) in [6.45, 7) is 0. The molecular weight excluding hydrogens is 300 g/mol. The lowest BCUT2D eigenvalue weighted by atomic mass is 9.66. The van der Waals surface area contributed by atoms with Crippen LogP contribution in [0.5, 0.6) is 0 Å². The summed E-state index contributed by atoms with van der Waals surface area (Å²) in [4.78, 5) is 23.5. The Morgan fingerprint density at radius 2 is 2.00 bits per heavy atom. The largest absolute Gasteiger partial charge is 0.481 e. The lowest BCUT2D eigenvalue weighted by Crippen LogP contribution is -2.41. The maximum absolute atomic E-state index is 12.5. The van der Waals surface area contributed by atoms with E-state index in [4.69, 9.17) is 0 Å². The summed E-state index contributed by atoms with van der Waals surface area (Å²) >= 11 is 0.347. The number of nitrogens with one attached hydrogen (secondary N) is 1. The minimum absolute atomic E-state index is 0.129. The van der Waals surface area contributed by atoms with Crippen LogP contribution < -0.4 is 5.32 Å². The molecule has 0 aliphatic heterocycles. The summed E-state index contributed by atoms with van der Waals surface area (Å²) in [6.07, 6.45) is 1.61. The van der Waals surface area contributed by atoms with Crippen molar-refractivity contribution in [2.24, 2.45) is 5.41 Å². The van der Waals surface area contributed by atoms with Gasteiger partial charge < -0.3 is 10.4 Å². The van der Waals surface area contributed by atoms with Crippen LogP contribution in [0.2, 0.25) is 0 Å². The highest BCUT2D eigenvalue weighted by Gasteiger charge is 2.45. The average Bonchev–Trinajstić information content (AvgIpc) is 2.35. The Morgan fingerprint density at radius 3 is 2.52 bits per heavy atom. The monoisotopic (exact) mass is 315 g/mol. The summed E-state index contributed by atoms with van der Waals surface area (Å²) in [5.41, 5.74) is -0.706. The van der Waals surface area contributed by atoms with E-state index in [1.165, 1.54) is 12.1 Å². The number of rotatable bonds is 6. The molecule has 2 rings (SSSR count). The molecule has 7 heteroatoms. The zero-order valence-corrected chi connectivity index (χ0v) is 12.0. The van der Waals surface area contributed by atoms with Crippen LogP contribution in [-0.4, -0.2) is 22.7 Å². The van der Waals surface area contributed by atoms with E-state index in [1.54, 1.807) is 12.1 Å². The Morgan fingerprint density at radius 1 is 1.33 bits per heavy atom. The van der Waals surface area contributed by atoms with Crippen molar-refractivity contribution in [3.8, 4) is 0 Å². The van der Waals surface area contributed by atoms with Crippen LogP contribution in [-0.2, 0) is 9.59 Å². The normalized spacial score (nSPS) is 16.3. The van der Waals surface area contributed by atoms with Gasteiger partial charge in [-0.05, 0) is 25.0 Å². The molecule has 4 nitrogen and oxygen atoms in total. The first kappa shape index (κ1) is 15.8. The number of aliphatic carboxylic acids is 1. The molecule has 0 heterocycles. The van der Waals surface area contributed by atoms with E-state index in [0.717, 1.165) is 6.42 Å². The van der Waals surface area contributed by atoms with Gasteiger partial charge in [0.1, 0.15) is 0 Å². The fourth-order valence-electron chi connectivity index (χ4n) is 2.34. The van der Waals surface area contributed by atoms with Crippen LogP contribution >= 0.6 is 11.8 Å². The molecule has 1 aromatic rings. The number of hydrogen-bond donors (Lipinski definition) is 2. The van der Waals surface area contributed by atoms with Crippen LogP contribution in [0.1, 0.15) is 25.7 Å². The zero-order chi connectivity index (χ0) is 15.5. The molecule has 1 saturated carbocycles. The molecule has 0 bridgehead atoms. The van der Waals surface area contributed by atoms with Crippen molar-refractivity contribution in [2.45, 2.75) is 36.3 Å². The van der Waals surface area contributed by atoms with E-state index < -0.39 is 23.0 Å². The Hall–Kier alpha value is -1.63. The van der Waals surface area contributed by atoms with Crippen LogP contribution in [0.4, 0.5) is 14.5 Å². The Kier molecular flexibility index (Phi) is 4.82. The molecule has 0 spiro atoms. The van der Waals surface area contributed by atoms with Gasteiger partial charge in [-0.25, -0.2) is 0 Å². The van der Waals surface area contributed by atoms with Crippen LogP contribution in [0.15, 0.2) is 29.2 Å². The lowest BCUT2D eigenvalue weighted by Gasteiger charge is -2.36. The molecule has 2 N–H and O–H groups in total. The van der Waals surface area contributed by atoms with Gasteiger partial charge in [0, 0.05) is 11.3 Å². The predicted molar refractivity (Wildman–Crippen MR) is 75.5 cm³/mol. The standard InChI is InChI=1S/C14H15F2NO3S/c15-13(16)21-10-5-2-1-4-9(10)17-11(18)8-14(12(19)20)6-3-7-14/h1-2,4-5,13H,3,6-8H2,(H,17,18)(H,19,20). The van der Waals surface area contributed by atoms with Crippen molar-refractivity contribution in [3.63, 3.8) is 0 Å². The lowest BCUT2D eigenvalue weighted by molar-refractivity contribution is -0.157. The van der Waals surface area contributed by atoms with Crippen molar-refractivity contribution in [2.75, 3.05) is 5.32 Å². The van der Waals surface area contributed by atoms with Crippen molar-refractivity contribution in [3.05, 3.63) is 24.3 Å². The Balaban J connectivity index is 2.04. The topological polar surface area (TPSA) is 66.4 Å². The summed E-state index contributed by atoms with van der Waals surface area (Å²) in [5.74, 6) is -4.02. The molecule has 1 aliphatic rings. The van der Waals surface area contributed by atoms with Gasteiger partial charge >= 0.3 is 5.97 Å². The van der Waals surface area contributed by atoms with E-state index in [0.29, 0.717) is 24.6 Å².